The quantitative estimate of drug-likeness (QED) is 0.468. The predicted octanol–water partition coefficient (Wildman–Crippen LogP) is -0.518. The number of hydrogen-bond donors (Lipinski definition) is 2. The summed E-state index contributed by atoms with van der Waals surface area (Å²) in [5, 5.41) is 15.4. The van der Waals surface area contributed by atoms with Crippen molar-refractivity contribution >= 4 is 17.6 Å². The molecule has 0 rings (SSSR count). The third-order valence-corrected chi connectivity index (χ3v) is 0.964. The molecular weight excluding hydrogens is 188 g/mol. The van der Waals surface area contributed by atoms with Gasteiger partial charge in [0.1, 0.15) is 13.2 Å². The van der Waals surface area contributed by atoms with Gasteiger partial charge in [-0.05, 0) is 6.20 Å². The van der Waals surface area contributed by atoms with Gasteiger partial charge in [0, 0.05) is 0 Å². The number of nitrogens with zero attached hydrogens (tertiary/aromatic N) is 2. The standard InChI is InChI=1S/C7H8N4O3/c1-3-9-7(13)10-6(12)5(4-8)11-14-2/h3H,1H2,2H3,(H2,9,10,12,13). The van der Waals surface area contributed by atoms with E-state index in [4.69, 9.17) is 5.26 Å². The van der Waals surface area contributed by atoms with Crippen LogP contribution in [0.3, 0.4) is 0 Å². The van der Waals surface area contributed by atoms with Crippen LogP contribution in [0.1, 0.15) is 0 Å². The van der Waals surface area contributed by atoms with Crippen LogP contribution in [0.5, 0.6) is 0 Å². The van der Waals surface area contributed by atoms with Gasteiger partial charge in [-0.25, -0.2) is 4.79 Å². The van der Waals surface area contributed by atoms with E-state index >= 15 is 0 Å². The molecule has 7 heteroatoms. The molecule has 7 nitrogen and oxygen atoms in total. The molecule has 2 N–H and O–H groups in total. The van der Waals surface area contributed by atoms with Crippen molar-refractivity contribution in [2.24, 2.45) is 5.16 Å². The van der Waals surface area contributed by atoms with Gasteiger partial charge in [0.2, 0.25) is 5.71 Å². The molecular formula is C7H8N4O3. The van der Waals surface area contributed by atoms with E-state index < -0.39 is 17.6 Å². The Hall–Kier alpha value is -2.36. The van der Waals surface area contributed by atoms with Crippen LogP contribution in [0.25, 0.3) is 0 Å². The summed E-state index contributed by atoms with van der Waals surface area (Å²) in [6, 6.07) is 0.656. The van der Waals surface area contributed by atoms with Gasteiger partial charge in [0.05, 0.1) is 0 Å². The van der Waals surface area contributed by atoms with E-state index in [1.165, 1.54) is 13.2 Å². The average molecular weight is 196 g/mol. The van der Waals surface area contributed by atoms with Crippen molar-refractivity contribution in [1.29, 1.82) is 5.26 Å². The number of nitriles is 1. The molecule has 14 heavy (non-hydrogen) atoms. The van der Waals surface area contributed by atoms with Crippen molar-refractivity contribution in [3.63, 3.8) is 0 Å². The van der Waals surface area contributed by atoms with Crippen molar-refractivity contribution < 1.29 is 14.4 Å². The van der Waals surface area contributed by atoms with E-state index in [1.807, 2.05) is 5.32 Å². The monoisotopic (exact) mass is 196 g/mol. The lowest BCUT2D eigenvalue weighted by Crippen LogP contribution is -2.40. The number of hydrogen-bond acceptors (Lipinski definition) is 5. The maximum atomic E-state index is 11.0. The Morgan fingerprint density at radius 2 is 2.29 bits per heavy atom. The van der Waals surface area contributed by atoms with E-state index in [2.05, 4.69) is 21.9 Å². The highest BCUT2D eigenvalue weighted by atomic mass is 16.6. The Morgan fingerprint density at radius 1 is 1.64 bits per heavy atom. The molecule has 0 aromatic carbocycles. The molecule has 3 amide bonds. The topological polar surface area (TPSA) is 104 Å². The largest absolute Gasteiger partial charge is 0.398 e. The number of carbonyl (C=O) groups is 2. The van der Waals surface area contributed by atoms with E-state index in [-0.39, 0.29) is 0 Å². The summed E-state index contributed by atoms with van der Waals surface area (Å²) in [6.45, 7) is 3.21. The van der Waals surface area contributed by atoms with Gasteiger partial charge in [-0.2, -0.15) is 5.26 Å². The summed E-state index contributed by atoms with van der Waals surface area (Å²) in [4.78, 5) is 26.0. The molecule has 0 heterocycles. The smallest absolute Gasteiger partial charge is 0.325 e. The molecule has 0 radical (unpaired) electrons. The van der Waals surface area contributed by atoms with Crippen LogP contribution in [0, 0.1) is 11.3 Å². The van der Waals surface area contributed by atoms with E-state index in [0.717, 1.165) is 6.20 Å². The van der Waals surface area contributed by atoms with Gasteiger partial charge in [0.15, 0.2) is 0 Å². The number of imide groups is 1. The Kier molecular flexibility index (Phi) is 5.15. The SMILES string of the molecule is C=CNC(=O)NC(=O)C(C#N)=NOC. The van der Waals surface area contributed by atoms with Gasteiger partial charge >= 0.3 is 6.03 Å². The third kappa shape index (κ3) is 3.87. The summed E-state index contributed by atoms with van der Waals surface area (Å²) in [6.07, 6.45) is 1.09. The number of amides is 3. The van der Waals surface area contributed by atoms with Crippen LogP contribution < -0.4 is 10.6 Å². The molecule has 0 atom stereocenters. The lowest BCUT2D eigenvalue weighted by atomic mass is 10.4. The fourth-order valence-corrected chi connectivity index (χ4v) is 0.495. The first-order chi connectivity index (χ1) is 6.65. The van der Waals surface area contributed by atoms with Crippen molar-refractivity contribution in [3.05, 3.63) is 12.8 Å². The third-order valence-electron chi connectivity index (χ3n) is 0.964. The Morgan fingerprint density at radius 3 is 2.71 bits per heavy atom. The van der Waals surface area contributed by atoms with E-state index in [1.54, 1.807) is 0 Å². The lowest BCUT2D eigenvalue weighted by Gasteiger charge is -1.99. The molecule has 0 aliphatic rings. The number of oxime groups is 1. The summed E-state index contributed by atoms with van der Waals surface area (Å²) >= 11 is 0. The maximum absolute atomic E-state index is 11.0. The zero-order chi connectivity index (χ0) is 11.0. The average Bonchev–Trinajstić information content (AvgIpc) is 2.14. The van der Waals surface area contributed by atoms with Gasteiger partial charge in [0.25, 0.3) is 5.91 Å². The first-order valence-electron chi connectivity index (χ1n) is 3.39. The fraction of sp³-hybridized carbons (Fsp3) is 0.143. The summed E-state index contributed by atoms with van der Waals surface area (Å²) in [5.74, 6) is -0.950. The van der Waals surface area contributed by atoms with Crippen LogP contribution in [-0.2, 0) is 9.63 Å². The molecule has 74 valence electrons. The molecule has 0 aliphatic heterocycles. The first kappa shape index (κ1) is 11.6. The number of urea groups is 1. The molecule has 0 aliphatic carbocycles. The first-order valence-corrected chi connectivity index (χ1v) is 3.39. The van der Waals surface area contributed by atoms with Crippen molar-refractivity contribution in [1.82, 2.24) is 10.6 Å². The zero-order valence-electron chi connectivity index (χ0n) is 7.40. The van der Waals surface area contributed by atoms with Crippen LogP contribution >= 0.6 is 0 Å². The predicted molar refractivity (Wildman–Crippen MR) is 46.9 cm³/mol. The second-order valence-electron chi connectivity index (χ2n) is 1.87. The second-order valence-corrected chi connectivity index (χ2v) is 1.87. The summed E-state index contributed by atoms with van der Waals surface area (Å²) in [5.41, 5.74) is -0.549. The molecule has 0 aromatic heterocycles. The second kappa shape index (κ2) is 6.19. The Labute approximate surface area is 80.0 Å². The van der Waals surface area contributed by atoms with Crippen LogP contribution in [0.15, 0.2) is 17.9 Å². The number of nitrogens with one attached hydrogen (secondary N) is 2. The van der Waals surface area contributed by atoms with E-state index in [9.17, 15) is 9.59 Å². The van der Waals surface area contributed by atoms with Crippen LogP contribution in [0.2, 0.25) is 0 Å². The summed E-state index contributed by atoms with van der Waals surface area (Å²) in [7, 11) is 1.18. The highest BCUT2D eigenvalue weighted by Crippen LogP contribution is 1.79. The molecule has 0 spiro atoms. The van der Waals surface area contributed by atoms with E-state index in [0.29, 0.717) is 0 Å². The molecule has 0 aromatic rings. The Bertz CT molecular complexity index is 315. The Balaban J connectivity index is 4.34. The number of rotatable bonds is 3. The zero-order valence-corrected chi connectivity index (χ0v) is 7.40. The van der Waals surface area contributed by atoms with Gasteiger partial charge in [-0.15, -0.1) is 0 Å². The fourth-order valence-electron chi connectivity index (χ4n) is 0.495. The van der Waals surface area contributed by atoms with Crippen molar-refractivity contribution in [3.8, 4) is 6.07 Å². The van der Waals surface area contributed by atoms with Crippen molar-refractivity contribution in [2.45, 2.75) is 0 Å². The minimum atomic E-state index is -0.950. The minimum absolute atomic E-state index is 0.549. The van der Waals surface area contributed by atoms with Gasteiger partial charge in [-0.1, -0.05) is 11.7 Å². The van der Waals surface area contributed by atoms with Gasteiger partial charge < -0.3 is 10.2 Å². The molecule has 0 saturated carbocycles. The minimum Gasteiger partial charge on any atom is -0.398 e. The highest BCUT2D eigenvalue weighted by molar-refractivity contribution is 6.46. The number of carbonyl (C=O) groups excluding carboxylic acids is 2. The van der Waals surface area contributed by atoms with Crippen LogP contribution in [-0.4, -0.2) is 24.8 Å². The molecule has 0 saturated heterocycles. The van der Waals surface area contributed by atoms with Crippen LogP contribution in [0.4, 0.5) is 4.79 Å². The lowest BCUT2D eigenvalue weighted by molar-refractivity contribution is -0.113. The summed E-state index contributed by atoms with van der Waals surface area (Å²) < 4.78 is 0. The molecule has 0 unspecified atom stereocenters. The molecule has 0 bridgehead atoms. The van der Waals surface area contributed by atoms with Gasteiger partial charge in [-0.3, -0.25) is 10.1 Å². The normalized spacial score (nSPS) is 9.57. The highest BCUT2D eigenvalue weighted by Gasteiger charge is 2.14. The molecule has 0 fully saturated rings. The van der Waals surface area contributed by atoms with Crippen molar-refractivity contribution in [2.75, 3.05) is 7.11 Å². The maximum Gasteiger partial charge on any atom is 0.325 e.